The van der Waals surface area contributed by atoms with Crippen molar-refractivity contribution in [2.75, 3.05) is 0 Å². The summed E-state index contributed by atoms with van der Waals surface area (Å²) in [7, 11) is 0. The number of rotatable bonds is 6. The zero-order valence-electron chi connectivity index (χ0n) is 14.6. The number of carboxylic acids is 1. The van der Waals surface area contributed by atoms with Crippen LogP contribution in [0.3, 0.4) is 0 Å². The van der Waals surface area contributed by atoms with Gasteiger partial charge in [-0.05, 0) is 44.9 Å². The van der Waals surface area contributed by atoms with Gasteiger partial charge in [0.2, 0.25) is 0 Å². The highest BCUT2D eigenvalue weighted by atomic mass is 16.7. The van der Waals surface area contributed by atoms with Crippen LogP contribution in [-0.4, -0.2) is 29.1 Å². The fraction of sp³-hybridized carbons (Fsp3) is 0.381. The van der Waals surface area contributed by atoms with Gasteiger partial charge in [0, 0.05) is 12.0 Å². The molecule has 1 aliphatic heterocycles. The molecule has 0 amide bonds. The average molecular weight is 340 g/mol. The molecule has 1 aliphatic rings. The van der Waals surface area contributed by atoms with E-state index < -0.39 is 11.8 Å². The van der Waals surface area contributed by atoms with Crippen molar-refractivity contribution >= 4 is 5.97 Å². The SMILES string of the molecule is CC1(C)O[C@@H](CCCC(=O)O)[C@@H](/C=C/C=C/C#Cc2ccccc2)O1. The first-order valence-electron chi connectivity index (χ1n) is 8.44. The molecule has 1 fully saturated rings. The molecule has 1 saturated heterocycles. The van der Waals surface area contributed by atoms with Crippen LogP contribution < -0.4 is 0 Å². The molecule has 25 heavy (non-hydrogen) atoms. The van der Waals surface area contributed by atoms with Gasteiger partial charge in [0.05, 0.1) is 6.10 Å². The van der Waals surface area contributed by atoms with Gasteiger partial charge in [-0.25, -0.2) is 0 Å². The Morgan fingerprint density at radius 3 is 2.72 bits per heavy atom. The van der Waals surface area contributed by atoms with E-state index in [0.29, 0.717) is 12.8 Å². The van der Waals surface area contributed by atoms with Crippen molar-refractivity contribution in [2.45, 2.75) is 51.1 Å². The van der Waals surface area contributed by atoms with Gasteiger partial charge in [0.25, 0.3) is 0 Å². The predicted molar refractivity (Wildman–Crippen MR) is 96.9 cm³/mol. The lowest BCUT2D eigenvalue weighted by Gasteiger charge is -2.16. The van der Waals surface area contributed by atoms with E-state index >= 15 is 0 Å². The summed E-state index contributed by atoms with van der Waals surface area (Å²) in [5.41, 5.74) is 0.976. The molecular weight excluding hydrogens is 316 g/mol. The Balaban J connectivity index is 1.87. The molecule has 1 heterocycles. The lowest BCUT2D eigenvalue weighted by atomic mass is 10.1. The highest BCUT2D eigenvalue weighted by molar-refractivity contribution is 5.66. The zero-order chi connectivity index (χ0) is 18.1. The van der Waals surface area contributed by atoms with Gasteiger partial charge in [0.1, 0.15) is 6.10 Å². The van der Waals surface area contributed by atoms with Crippen molar-refractivity contribution in [1.82, 2.24) is 0 Å². The monoisotopic (exact) mass is 340 g/mol. The lowest BCUT2D eigenvalue weighted by molar-refractivity contribution is -0.143. The normalized spacial score (nSPS) is 22.2. The smallest absolute Gasteiger partial charge is 0.303 e. The molecule has 2 rings (SSSR count). The summed E-state index contributed by atoms with van der Waals surface area (Å²) in [4.78, 5) is 10.6. The van der Waals surface area contributed by atoms with E-state index in [1.54, 1.807) is 6.08 Å². The van der Waals surface area contributed by atoms with E-state index in [1.807, 2.05) is 62.4 Å². The van der Waals surface area contributed by atoms with E-state index in [2.05, 4.69) is 11.8 Å². The minimum absolute atomic E-state index is 0.130. The van der Waals surface area contributed by atoms with Crippen LogP contribution in [0.15, 0.2) is 54.6 Å². The molecular formula is C21H24O4. The van der Waals surface area contributed by atoms with Gasteiger partial charge < -0.3 is 14.6 Å². The van der Waals surface area contributed by atoms with E-state index in [-0.39, 0.29) is 18.6 Å². The molecule has 1 aromatic carbocycles. The Hall–Kier alpha value is -2.35. The fourth-order valence-corrected chi connectivity index (χ4v) is 2.63. The molecule has 0 bridgehead atoms. The van der Waals surface area contributed by atoms with E-state index in [1.165, 1.54) is 0 Å². The fourth-order valence-electron chi connectivity index (χ4n) is 2.63. The maximum absolute atomic E-state index is 10.6. The minimum atomic E-state index is -0.787. The molecule has 4 nitrogen and oxygen atoms in total. The number of ether oxygens (including phenoxy) is 2. The van der Waals surface area contributed by atoms with Crippen molar-refractivity contribution in [3.8, 4) is 11.8 Å². The third-order valence-electron chi connectivity index (χ3n) is 3.68. The molecule has 0 radical (unpaired) electrons. The van der Waals surface area contributed by atoms with Gasteiger partial charge in [-0.15, -0.1) is 0 Å². The van der Waals surface area contributed by atoms with Crippen molar-refractivity contribution in [1.29, 1.82) is 0 Å². The summed E-state index contributed by atoms with van der Waals surface area (Å²) >= 11 is 0. The van der Waals surface area contributed by atoms with Crippen LogP contribution in [0.5, 0.6) is 0 Å². The number of hydrogen-bond donors (Lipinski definition) is 1. The Morgan fingerprint density at radius 1 is 1.24 bits per heavy atom. The third kappa shape index (κ3) is 6.96. The molecule has 1 N–H and O–H groups in total. The van der Waals surface area contributed by atoms with Crippen LogP contribution >= 0.6 is 0 Å². The van der Waals surface area contributed by atoms with Crippen LogP contribution in [0, 0.1) is 11.8 Å². The summed E-state index contributed by atoms with van der Waals surface area (Å²) in [6, 6.07) is 9.80. The quantitative estimate of drug-likeness (QED) is 0.630. The van der Waals surface area contributed by atoms with Gasteiger partial charge in [-0.1, -0.05) is 48.3 Å². The number of aliphatic carboxylic acids is 1. The highest BCUT2D eigenvalue weighted by Crippen LogP contribution is 2.31. The largest absolute Gasteiger partial charge is 0.481 e. The van der Waals surface area contributed by atoms with Gasteiger partial charge in [0.15, 0.2) is 5.79 Å². The second-order valence-electron chi connectivity index (χ2n) is 6.30. The molecule has 0 unspecified atom stereocenters. The number of benzene rings is 1. The van der Waals surface area contributed by atoms with Crippen LogP contribution in [0.1, 0.15) is 38.7 Å². The number of carbonyl (C=O) groups is 1. The Kier molecular flexibility index (Phi) is 7.00. The first-order chi connectivity index (χ1) is 12.0. The number of allylic oxidation sites excluding steroid dienone is 3. The summed E-state index contributed by atoms with van der Waals surface area (Å²) in [6.45, 7) is 3.73. The molecule has 0 aliphatic carbocycles. The number of hydrogen-bond acceptors (Lipinski definition) is 3. The second kappa shape index (κ2) is 9.22. The van der Waals surface area contributed by atoms with E-state index in [9.17, 15) is 4.79 Å². The lowest BCUT2D eigenvalue weighted by Crippen LogP contribution is -2.21. The van der Waals surface area contributed by atoms with Crippen LogP contribution in [-0.2, 0) is 14.3 Å². The van der Waals surface area contributed by atoms with E-state index in [0.717, 1.165) is 5.56 Å². The topological polar surface area (TPSA) is 55.8 Å². The average Bonchev–Trinajstić information content (AvgIpc) is 2.85. The standard InChI is InChI=1S/C21H24O4/c1-21(2)24-18(19(25-21)15-10-16-20(22)23)14-9-4-3-6-11-17-12-7-5-8-13-17/h3-5,7-9,12-14,18-19H,10,15-16H2,1-2H3,(H,22,23)/b4-3+,14-9+/t18-,19+/m1/s1. The third-order valence-corrected chi connectivity index (χ3v) is 3.68. The first kappa shape index (κ1) is 19.0. The summed E-state index contributed by atoms with van der Waals surface area (Å²) < 4.78 is 11.7. The van der Waals surface area contributed by atoms with Crippen molar-refractivity contribution in [3.63, 3.8) is 0 Å². The van der Waals surface area contributed by atoms with Gasteiger partial charge in [-0.3, -0.25) is 4.79 Å². The van der Waals surface area contributed by atoms with Crippen LogP contribution in [0.25, 0.3) is 0 Å². The summed E-state index contributed by atoms with van der Waals surface area (Å²) in [5.74, 6) is 4.59. The number of carboxylic acid groups (broad SMARTS) is 1. The zero-order valence-corrected chi connectivity index (χ0v) is 14.6. The highest BCUT2D eigenvalue weighted by Gasteiger charge is 2.39. The first-order valence-corrected chi connectivity index (χ1v) is 8.44. The van der Waals surface area contributed by atoms with Gasteiger partial charge >= 0.3 is 5.97 Å². The van der Waals surface area contributed by atoms with Crippen molar-refractivity contribution < 1.29 is 19.4 Å². The molecule has 2 atom stereocenters. The Morgan fingerprint density at radius 2 is 2.00 bits per heavy atom. The van der Waals surface area contributed by atoms with E-state index in [4.69, 9.17) is 14.6 Å². The summed E-state index contributed by atoms with van der Waals surface area (Å²) in [5, 5.41) is 8.75. The van der Waals surface area contributed by atoms with Crippen LogP contribution in [0.4, 0.5) is 0 Å². The van der Waals surface area contributed by atoms with Crippen molar-refractivity contribution in [3.05, 3.63) is 60.2 Å². The predicted octanol–water partition coefficient (Wildman–Crippen LogP) is 3.93. The Bertz CT molecular complexity index is 677. The van der Waals surface area contributed by atoms with Crippen LogP contribution in [0.2, 0.25) is 0 Å². The minimum Gasteiger partial charge on any atom is -0.481 e. The second-order valence-corrected chi connectivity index (χ2v) is 6.30. The molecule has 0 spiro atoms. The molecule has 0 aromatic heterocycles. The van der Waals surface area contributed by atoms with Crippen molar-refractivity contribution in [2.24, 2.45) is 0 Å². The maximum Gasteiger partial charge on any atom is 0.303 e. The molecule has 132 valence electrons. The van der Waals surface area contributed by atoms with Gasteiger partial charge in [-0.2, -0.15) is 0 Å². The maximum atomic E-state index is 10.6. The molecule has 4 heteroatoms. The molecule has 0 saturated carbocycles. The Labute approximate surface area is 149 Å². The molecule has 1 aromatic rings. The summed E-state index contributed by atoms with van der Waals surface area (Å²) in [6.07, 6.45) is 8.52.